The average Bonchev–Trinajstić information content (AvgIpc) is 3.25. The number of hydrogen-bond acceptors (Lipinski definition) is 7. The Morgan fingerprint density at radius 1 is 1.29 bits per heavy atom. The smallest absolute Gasteiger partial charge is 0.263 e. The second-order valence-corrected chi connectivity index (χ2v) is 9.27. The van der Waals surface area contributed by atoms with E-state index in [0.717, 1.165) is 30.7 Å². The standard InChI is InChI=1S/C19H17BrN4O2S2/c1-4-24-18(25)15-10(2)11(3)28-17(15)21-19(24)27-9-14-22-23-16(26-14)12-6-5-7-13(20)8-12/h5-8H,4,9H2,1-3H3. The van der Waals surface area contributed by atoms with Crippen LogP contribution < -0.4 is 5.56 Å². The molecule has 0 fully saturated rings. The van der Waals surface area contributed by atoms with E-state index in [0.29, 0.717) is 29.2 Å². The molecule has 0 saturated carbocycles. The van der Waals surface area contributed by atoms with Crippen molar-refractivity contribution in [2.45, 2.75) is 38.2 Å². The SMILES string of the molecule is CCn1c(SCc2nnc(-c3cccc(Br)c3)o2)nc2sc(C)c(C)c2c1=O. The van der Waals surface area contributed by atoms with Crippen LogP contribution in [0.4, 0.5) is 0 Å². The summed E-state index contributed by atoms with van der Waals surface area (Å²) in [5, 5.41) is 9.65. The number of nitrogens with zero attached hydrogens (tertiary/aromatic N) is 4. The molecule has 0 unspecified atom stereocenters. The van der Waals surface area contributed by atoms with Crippen molar-refractivity contribution in [2.75, 3.05) is 0 Å². The molecule has 0 spiro atoms. The molecule has 0 amide bonds. The van der Waals surface area contributed by atoms with Crippen LogP contribution in [0.1, 0.15) is 23.3 Å². The van der Waals surface area contributed by atoms with Crippen LogP contribution in [0.5, 0.6) is 0 Å². The summed E-state index contributed by atoms with van der Waals surface area (Å²) in [4.78, 5) is 19.5. The lowest BCUT2D eigenvalue weighted by atomic mass is 10.2. The number of aromatic nitrogens is 4. The van der Waals surface area contributed by atoms with Crippen LogP contribution in [0.15, 0.2) is 43.1 Å². The number of fused-ring (bicyclic) bond motifs is 1. The molecule has 0 aliphatic carbocycles. The van der Waals surface area contributed by atoms with Crippen LogP contribution in [0, 0.1) is 13.8 Å². The first-order chi connectivity index (χ1) is 13.5. The zero-order valence-corrected chi connectivity index (χ0v) is 18.7. The first-order valence-electron chi connectivity index (χ1n) is 8.69. The van der Waals surface area contributed by atoms with Crippen LogP contribution in [0.25, 0.3) is 21.7 Å². The van der Waals surface area contributed by atoms with Crippen LogP contribution in [-0.4, -0.2) is 19.7 Å². The van der Waals surface area contributed by atoms with Crippen molar-refractivity contribution in [1.82, 2.24) is 19.7 Å². The highest BCUT2D eigenvalue weighted by Crippen LogP contribution is 2.30. The van der Waals surface area contributed by atoms with Gasteiger partial charge in [0.25, 0.3) is 5.56 Å². The molecule has 6 nitrogen and oxygen atoms in total. The van der Waals surface area contributed by atoms with Gasteiger partial charge in [-0.3, -0.25) is 9.36 Å². The molecule has 9 heteroatoms. The second-order valence-electron chi connectivity index (χ2n) is 6.21. The summed E-state index contributed by atoms with van der Waals surface area (Å²) in [6.07, 6.45) is 0. The molecular weight excluding hydrogens is 460 g/mol. The number of thiophene rings is 1. The Kier molecular flexibility index (Phi) is 5.39. The Balaban J connectivity index is 1.62. The lowest BCUT2D eigenvalue weighted by Crippen LogP contribution is -2.22. The molecule has 0 saturated heterocycles. The van der Waals surface area contributed by atoms with E-state index in [-0.39, 0.29) is 5.56 Å². The zero-order chi connectivity index (χ0) is 19.8. The summed E-state index contributed by atoms with van der Waals surface area (Å²) in [7, 11) is 0. The average molecular weight is 477 g/mol. The second kappa shape index (κ2) is 7.81. The van der Waals surface area contributed by atoms with Crippen LogP contribution >= 0.6 is 39.0 Å². The fraction of sp³-hybridized carbons (Fsp3) is 0.263. The first-order valence-corrected chi connectivity index (χ1v) is 11.3. The molecule has 0 atom stereocenters. The zero-order valence-electron chi connectivity index (χ0n) is 15.5. The van der Waals surface area contributed by atoms with Crippen LogP contribution in [0.2, 0.25) is 0 Å². The molecule has 0 N–H and O–H groups in total. The number of benzene rings is 1. The quantitative estimate of drug-likeness (QED) is 0.291. The Bertz CT molecular complexity index is 1230. The van der Waals surface area contributed by atoms with E-state index in [1.165, 1.54) is 11.8 Å². The Morgan fingerprint density at radius 3 is 2.86 bits per heavy atom. The van der Waals surface area contributed by atoms with Gasteiger partial charge in [-0.2, -0.15) is 0 Å². The van der Waals surface area contributed by atoms with Gasteiger partial charge in [0.2, 0.25) is 11.8 Å². The van der Waals surface area contributed by atoms with Crippen molar-refractivity contribution in [1.29, 1.82) is 0 Å². The number of rotatable bonds is 5. The van der Waals surface area contributed by atoms with Crippen molar-refractivity contribution in [2.24, 2.45) is 0 Å². The minimum absolute atomic E-state index is 0.0113. The fourth-order valence-corrected chi connectivity index (χ4v) is 5.24. The lowest BCUT2D eigenvalue weighted by Gasteiger charge is -2.08. The van der Waals surface area contributed by atoms with Crippen LogP contribution in [-0.2, 0) is 12.3 Å². The maximum atomic E-state index is 12.9. The minimum Gasteiger partial charge on any atom is -0.420 e. The van der Waals surface area contributed by atoms with E-state index in [9.17, 15) is 4.79 Å². The molecule has 0 bridgehead atoms. The molecule has 0 aliphatic heterocycles. The Morgan fingerprint density at radius 2 is 2.11 bits per heavy atom. The molecule has 4 rings (SSSR count). The molecule has 3 heterocycles. The fourth-order valence-electron chi connectivity index (χ4n) is 2.87. The van der Waals surface area contributed by atoms with E-state index >= 15 is 0 Å². The largest absolute Gasteiger partial charge is 0.420 e. The molecule has 144 valence electrons. The van der Waals surface area contributed by atoms with Gasteiger partial charge in [-0.15, -0.1) is 21.5 Å². The molecule has 28 heavy (non-hydrogen) atoms. The predicted molar refractivity (Wildman–Crippen MR) is 116 cm³/mol. The third-order valence-corrected chi connectivity index (χ3v) is 6.99. The monoisotopic (exact) mass is 476 g/mol. The van der Waals surface area contributed by atoms with E-state index < -0.39 is 0 Å². The molecule has 0 radical (unpaired) electrons. The Labute approximate surface area is 178 Å². The normalized spacial score (nSPS) is 11.4. The number of halogens is 1. The van der Waals surface area contributed by atoms with Gasteiger partial charge in [0, 0.05) is 21.5 Å². The molecular formula is C19H17BrN4O2S2. The van der Waals surface area contributed by atoms with Gasteiger partial charge in [-0.25, -0.2) is 4.98 Å². The number of aryl methyl sites for hydroxylation is 2. The highest BCUT2D eigenvalue weighted by Gasteiger charge is 2.17. The van der Waals surface area contributed by atoms with Gasteiger partial charge in [-0.05, 0) is 44.5 Å². The highest BCUT2D eigenvalue weighted by atomic mass is 79.9. The van der Waals surface area contributed by atoms with Crippen molar-refractivity contribution >= 4 is 49.2 Å². The van der Waals surface area contributed by atoms with Crippen molar-refractivity contribution in [3.8, 4) is 11.5 Å². The summed E-state index contributed by atoms with van der Waals surface area (Å²) in [5.41, 5.74) is 1.89. The van der Waals surface area contributed by atoms with Gasteiger partial charge < -0.3 is 4.42 Å². The lowest BCUT2D eigenvalue weighted by molar-refractivity contribution is 0.527. The summed E-state index contributed by atoms with van der Waals surface area (Å²) < 4.78 is 8.44. The van der Waals surface area contributed by atoms with Gasteiger partial charge in [0.1, 0.15) is 4.83 Å². The van der Waals surface area contributed by atoms with Crippen molar-refractivity contribution < 1.29 is 4.42 Å². The van der Waals surface area contributed by atoms with Crippen LogP contribution in [0.3, 0.4) is 0 Å². The third kappa shape index (κ3) is 3.54. The summed E-state index contributed by atoms with van der Waals surface area (Å²) >= 11 is 6.43. The van der Waals surface area contributed by atoms with E-state index in [2.05, 4.69) is 26.1 Å². The number of hydrogen-bond donors (Lipinski definition) is 0. The third-order valence-electron chi connectivity index (χ3n) is 4.43. The first kappa shape index (κ1) is 19.4. The van der Waals surface area contributed by atoms with Gasteiger partial charge >= 0.3 is 0 Å². The maximum absolute atomic E-state index is 12.9. The van der Waals surface area contributed by atoms with Gasteiger partial charge in [0.15, 0.2) is 5.16 Å². The molecule has 4 aromatic rings. The highest BCUT2D eigenvalue weighted by molar-refractivity contribution is 9.10. The van der Waals surface area contributed by atoms with E-state index in [1.807, 2.05) is 45.0 Å². The molecule has 1 aromatic carbocycles. The summed E-state index contributed by atoms with van der Waals surface area (Å²) in [5.74, 6) is 1.41. The Hall–Kier alpha value is -1.97. The van der Waals surface area contributed by atoms with E-state index in [4.69, 9.17) is 9.40 Å². The van der Waals surface area contributed by atoms with Gasteiger partial charge in [-0.1, -0.05) is 33.8 Å². The van der Waals surface area contributed by atoms with E-state index in [1.54, 1.807) is 15.9 Å². The minimum atomic E-state index is 0.0113. The summed E-state index contributed by atoms with van der Waals surface area (Å²) in [6.45, 7) is 6.51. The number of thioether (sulfide) groups is 1. The van der Waals surface area contributed by atoms with Crippen molar-refractivity contribution in [3.05, 3.63) is 55.4 Å². The summed E-state index contributed by atoms with van der Waals surface area (Å²) in [6, 6.07) is 7.70. The molecule has 0 aliphatic rings. The molecule has 3 aromatic heterocycles. The maximum Gasteiger partial charge on any atom is 0.263 e. The van der Waals surface area contributed by atoms with Crippen molar-refractivity contribution in [3.63, 3.8) is 0 Å². The predicted octanol–water partition coefficient (Wildman–Crippen LogP) is 5.20. The van der Waals surface area contributed by atoms with Gasteiger partial charge in [0.05, 0.1) is 11.1 Å². The topological polar surface area (TPSA) is 73.8 Å².